The van der Waals surface area contributed by atoms with E-state index in [0.717, 1.165) is 26.1 Å². The summed E-state index contributed by atoms with van der Waals surface area (Å²) in [5.41, 5.74) is 1.75. The molecule has 2 aromatic rings. The highest BCUT2D eigenvalue weighted by molar-refractivity contribution is 5.93. The Labute approximate surface area is 142 Å². The van der Waals surface area contributed by atoms with Gasteiger partial charge in [0.2, 0.25) is 5.95 Å². The highest BCUT2D eigenvalue weighted by Gasteiger charge is 2.22. The van der Waals surface area contributed by atoms with Gasteiger partial charge in [-0.05, 0) is 18.6 Å². The molecule has 24 heavy (non-hydrogen) atoms. The zero-order valence-electron chi connectivity index (χ0n) is 14.0. The van der Waals surface area contributed by atoms with Crippen LogP contribution in [0.25, 0.3) is 0 Å². The molecule has 0 bridgehead atoms. The van der Waals surface area contributed by atoms with E-state index in [1.165, 1.54) is 5.69 Å². The first-order chi connectivity index (χ1) is 11.8. The summed E-state index contributed by atoms with van der Waals surface area (Å²) in [4.78, 5) is 25.2. The zero-order valence-corrected chi connectivity index (χ0v) is 14.0. The lowest BCUT2D eigenvalue weighted by Crippen LogP contribution is -2.48. The molecule has 1 fully saturated rings. The number of aromatic nitrogens is 2. The molecule has 1 amide bonds. The van der Waals surface area contributed by atoms with Crippen LogP contribution < -0.4 is 10.2 Å². The largest absolute Gasteiger partial charge is 0.368 e. The maximum atomic E-state index is 12.6. The Balaban J connectivity index is 1.57. The van der Waals surface area contributed by atoms with Crippen molar-refractivity contribution in [2.24, 2.45) is 0 Å². The summed E-state index contributed by atoms with van der Waals surface area (Å²) >= 11 is 0. The minimum atomic E-state index is 0.00440. The molecule has 0 radical (unpaired) electrons. The van der Waals surface area contributed by atoms with E-state index >= 15 is 0 Å². The van der Waals surface area contributed by atoms with E-state index in [2.05, 4.69) is 39.2 Å². The summed E-state index contributed by atoms with van der Waals surface area (Å²) in [6, 6.07) is 10.3. The van der Waals surface area contributed by atoms with Crippen molar-refractivity contribution in [3.8, 4) is 0 Å². The number of amides is 1. The molecule has 0 atom stereocenters. The maximum Gasteiger partial charge on any atom is 0.257 e. The summed E-state index contributed by atoms with van der Waals surface area (Å²) in [7, 11) is 0. The van der Waals surface area contributed by atoms with Gasteiger partial charge in [-0.1, -0.05) is 25.1 Å². The Morgan fingerprint density at radius 3 is 2.38 bits per heavy atom. The Bertz CT molecular complexity index is 651. The molecule has 1 aliphatic rings. The molecule has 0 saturated carbocycles. The molecule has 1 aromatic carbocycles. The lowest BCUT2D eigenvalue weighted by molar-refractivity contribution is 0.0746. The second kappa shape index (κ2) is 7.77. The minimum Gasteiger partial charge on any atom is -0.368 e. The predicted octanol–water partition coefficient (Wildman–Crippen LogP) is 2.26. The zero-order chi connectivity index (χ0) is 16.8. The van der Waals surface area contributed by atoms with Crippen molar-refractivity contribution in [2.45, 2.75) is 13.3 Å². The standard InChI is InChI=1S/C18H23N5O/c1-2-8-19-18-20-13-15(14-21-18)17(24)23-11-9-22(10-12-23)16-6-4-3-5-7-16/h3-7,13-14H,2,8-12H2,1H3,(H,19,20,21). The summed E-state index contributed by atoms with van der Waals surface area (Å²) in [5, 5.41) is 3.11. The fourth-order valence-corrected chi connectivity index (χ4v) is 2.76. The van der Waals surface area contributed by atoms with Gasteiger partial charge in [-0.25, -0.2) is 9.97 Å². The van der Waals surface area contributed by atoms with E-state index in [1.54, 1.807) is 12.4 Å². The average Bonchev–Trinajstić information content (AvgIpc) is 2.67. The van der Waals surface area contributed by atoms with Gasteiger partial charge in [-0.15, -0.1) is 0 Å². The van der Waals surface area contributed by atoms with Crippen LogP contribution in [-0.2, 0) is 0 Å². The highest BCUT2D eigenvalue weighted by atomic mass is 16.2. The first-order valence-electron chi connectivity index (χ1n) is 8.43. The van der Waals surface area contributed by atoms with Crippen LogP contribution in [0, 0.1) is 0 Å². The van der Waals surface area contributed by atoms with Gasteiger partial charge in [0.15, 0.2) is 0 Å². The molecule has 1 aliphatic heterocycles. The van der Waals surface area contributed by atoms with Crippen molar-refractivity contribution in [3.63, 3.8) is 0 Å². The van der Waals surface area contributed by atoms with Gasteiger partial charge in [0.1, 0.15) is 0 Å². The highest BCUT2D eigenvalue weighted by Crippen LogP contribution is 2.16. The number of benzene rings is 1. The minimum absolute atomic E-state index is 0.00440. The molecule has 1 aromatic heterocycles. The number of para-hydroxylation sites is 1. The average molecular weight is 325 g/mol. The van der Waals surface area contributed by atoms with Gasteiger partial charge >= 0.3 is 0 Å². The van der Waals surface area contributed by atoms with Crippen LogP contribution in [-0.4, -0.2) is 53.5 Å². The summed E-state index contributed by atoms with van der Waals surface area (Å²) in [6.45, 7) is 6.02. The molecule has 6 heteroatoms. The molecule has 2 heterocycles. The first-order valence-corrected chi connectivity index (χ1v) is 8.43. The number of hydrogen-bond acceptors (Lipinski definition) is 5. The van der Waals surface area contributed by atoms with Crippen LogP contribution in [0.5, 0.6) is 0 Å². The molecule has 6 nitrogen and oxygen atoms in total. The predicted molar refractivity (Wildman–Crippen MR) is 95.4 cm³/mol. The first kappa shape index (κ1) is 16.2. The summed E-state index contributed by atoms with van der Waals surface area (Å²) in [5.74, 6) is 0.576. The lowest BCUT2D eigenvalue weighted by Gasteiger charge is -2.36. The number of carbonyl (C=O) groups is 1. The SMILES string of the molecule is CCCNc1ncc(C(=O)N2CCN(c3ccccc3)CC2)cn1. The number of anilines is 2. The smallest absolute Gasteiger partial charge is 0.257 e. The van der Waals surface area contributed by atoms with Crippen molar-refractivity contribution in [3.05, 3.63) is 48.3 Å². The van der Waals surface area contributed by atoms with Crippen LogP contribution in [0.15, 0.2) is 42.7 Å². The number of carbonyl (C=O) groups excluding carboxylic acids is 1. The number of nitrogens with one attached hydrogen (secondary N) is 1. The number of nitrogens with zero attached hydrogens (tertiary/aromatic N) is 4. The third-order valence-corrected chi connectivity index (χ3v) is 4.12. The molecule has 0 unspecified atom stereocenters. The van der Waals surface area contributed by atoms with Crippen LogP contribution >= 0.6 is 0 Å². The van der Waals surface area contributed by atoms with E-state index in [0.29, 0.717) is 24.6 Å². The molecule has 1 N–H and O–H groups in total. The third kappa shape index (κ3) is 3.82. The van der Waals surface area contributed by atoms with Gasteiger partial charge < -0.3 is 15.1 Å². The Kier molecular flexibility index (Phi) is 5.25. The topological polar surface area (TPSA) is 61.4 Å². The van der Waals surface area contributed by atoms with Crippen LogP contribution in [0.4, 0.5) is 11.6 Å². The van der Waals surface area contributed by atoms with E-state index in [-0.39, 0.29) is 5.91 Å². The lowest BCUT2D eigenvalue weighted by atomic mass is 10.2. The summed E-state index contributed by atoms with van der Waals surface area (Å²) < 4.78 is 0. The van der Waals surface area contributed by atoms with Crippen molar-refractivity contribution >= 4 is 17.5 Å². The van der Waals surface area contributed by atoms with Gasteiger partial charge in [-0.2, -0.15) is 0 Å². The normalized spacial score (nSPS) is 14.5. The van der Waals surface area contributed by atoms with E-state index < -0.39 is 0 Å². The monoisotopic (exact) mass is 325 g/mol. The van der Waals surface area contributed by atoms with Crippen molar-refractivity contribution < 1.29 is 4.79 Å². The van der Waals surface area contributed by atoms with E-state index in [4.69, 9.17) is 0 Å². The van der Waals surface area contributed by atoms with Crippen LogP contribution in [0.1, 0.15) is 23.7 Å². The molecule has 0 aliphatic carbocycles. The van der Waals surface area contributed by atoms with Crippen LogP contribution in [0.2, 0.25) is 0 Å². The van der Waals surface area contributed by atoms with Crippen molar-refractivity contribution in [1.29, 1.82) is 0 Å². The third-order valence-electron chi connectivity index (χ3n) is 4.12. The maximum absolute atomic E-state index is 12.6. The van der Waals surface area contributed by atoms with Crippen LogP contribution in [0.3, 0.4) is 0 Å². The molecular weight excluding hydrogens is 302 g/mol. The molecular formula is C18H23N5O. The van der Waals surface area contributed by atoms with Crippen molar-refractivity contribution in [1.82, 2.24) is 14.9 Å². The van der Waals surface area contributed by atoms with E-state index in [1.807, 2.05) is 23.1 Å². The second-order valence-electron chi connectivity index (χ2n) is 5.84. The molecule has 0 spiro atoms. The molecule has 126 valence electrons. The molecule has 1 saturated heterocycles. The van der Waals surface area contributed by atoms with E-state index in [9.17, 15) is 4.79 Å². The quantitative estimate of drug-likeness (QED) is 0.914. The fraction of sp³-hybridized carbons (Fsp3) is 0.389. The second-order valence-corrected chi connectivity index (χ2v) is 5.84. The Hall–Kier alpha value is -2.63. The Morgan fingerprint density at radius 2 is 1.75 bits per heavy atom. The number of hydrogen-bond donors (Lipinski definition) is 1. The van der Waals surface area contributed by atoms with Gasteiger partial charge in [0, 0.05) is 50.8 Å². The van der Waals surface area contributed by atoms with Gasteiger partial charge in [0.05, 0.1) is 5.56 Å². The molecule has 3 rings (SSSR count). The van der Waals surface area contributed by atoms with Crippen molar-refractivity contribution in [2.75, 3.05) is 42.9 Å². The number of piperazine rings is 1. The fourth-order valence-electron chi connectivity index (χ4n) is 2.76. The Morgan fingerprint density at radius 1 is 1.08 bits per heavy atom. The number of rotatable bonds is 5. The van der Waals surface area contributed by atoms with Gasteiger partial charge in [-0.3, -0.25) is 4.79 Å². The summed E-state index contributed by atoms with van der Waals surface area (Å²) in [6.07, 6.45) is 4.23. The van der Waals surface area contributed by atoms with Gasteiger partial charge in [0.25, 0.3) is 5.91 Å².